The van der Waals surface area contributed by atoms with Crippen LogP contribution in [0.25, 0.3) is 11.0 Å². The number of nitrogens with two attached hydrogens (primary N) is 1. The van der Waals surface area contributed by atoms with Crippen molar-refractivity contribution in [2.24, 2.45) is 18.2 Å². The molecule has 0 radical (unpaired) electrons. The molecule has 18 heavy (non-hydrogen) atoms. The molecule has 0 saturated heterocycles. The van der Waals surface area contributed by atoms with Gasteiger partial charge in [0.15, 0.2) is 0 Å². The van der Waals surface area contributed by atoms with Crippen molar-refractivity contribution in [3.8, 4) is 0 Å². The number of hydrogen-bond donors (Lipinski definition) is 1. The standard InChI is InChI=1S/C15H23N3/c1-5-14-17-12-7-6-11(8-13(12)18(14)4)9-15(2,3)10-16/h6-8H,5,9-10,16H2,1-4H3. The van der Waals surface area contributed by atoms with E-state index in [1.165, 1.54) is 11.1 Å². The second-order valence-electron chi connectivity index (χ2n) is 5.81. The molecule has 2 aromatic rings. The minimum atomic E-state index is 0.153. The molecule has 1 heterocycles. The molecule has 3 heteroatoms. The van der Waals surface area contributed by atoms with Crippen molar-refractivity contribution in [3.05, 3.63) is 29.6 Å². The van der Waals surface area contributed by atoms with Crippen molar-refractivity contribution in [2.75, 3.05) is 6.54 Å². The molecule has 0 saturated carbocycles. The van der Waals surface area contributed by atoms with Crippen molar-refractivity contribution in [1.82, 2.24) is 9.55 Å². The van der Waals surface area contributed by atoms with Crippen LogP contribution in [0, 0.1) is 5.41 Å². The smallest absolute Gasteiger partial charge is 0.109 e. The first-order valence-corrected chi connectivity index (χ1v) is 6.61. The Morgan fingerprint density at radius 2 is 2.06 bits per heavy atom. The van der Waals surface area contributed by atoms with E-state index in [-0.39, 0.29) is 5.41 Å². The minimum Gasteiger partial charge on any atom is -0.331 e. The molecule has 98 valence electrons. The highest BCUT2D eigenvalue weighted by atomic mass is 15.1. The van der Waals surface area contributed by atoms with E-state index in [1.54, 1.807) is 0 Å². The monoisotopic (exact) mass is 245 g/mol. The predicted molar refractivity (Wildman–Crippen MR) is 76.6 cm³/mol. The van der Waals surface area contributed by atoms with Crippen molar-refractivity contribution < 1.29 is 0 Å². The summed E-state index contributed by atoms with van der Waals surface area (Å²) < 4.78 is 2.19. The molecular formula is C15H23N3. The van der Waals surface area contributed by atoms with Crippen LogP contribution in [0.15, 0.2) is 18.2 Å². The number of fused-ring (bicyclic) bond motifs is 1. The number of rotatable bonds is 4. The molecule has 1 aromatic heterocycles. The first kappa shape index (κ1) is 13.1. The lowest BCUT2D eigenvalue weighted by atomic mass is 9.86. The van der Waals surface area contributed by atoms with E-state index >= 15 is 0 Å². The van der Waals surface area contributed by atoms with Gasteiger partial charge in [-0.25, -0.2) is 4.98 Å². The van der Waals surface area contributed by atoms with Crippen molar-refractivity contribution in [3.63, 3.8) is 0 Å². The molecule has 0 aliphatic heterocycles. The zero-order chi connectivity index (χ0) is 13.3. The van der Waals surface area contributed by atoms with Gasteiger partial charge < -0.3 is 10.3 Å². The number of hydrogen-bond acceptors (Lipinski definition) is 2. The SMILES string of the molecule is CCc1nc2ccc(CC(C)(C)CN)cc2n1C. The molecule has 0 amide bonds. The Morgan fingerprint density at radius 1 is 1.33 bits per heavy atom. The summed E-state index contributed by atoms with van der Waals surface area (Å²) in [5.41, 5.74) is 9.60. The van der Waals surface area contributed by atoms with E-state index < -0.39 is 0 Å². The van der Waals surface area contributed by atoms with E-state index in [9.17, 15) is 0 Å². The zero-order valence-corrected chi connectivity index (χ0v) is 11.8. The summed E-state index contributed by atoms with van der Waals surface area (Å²) in [6, 6.07) is 6.54. The Hall–Kier alpha value is -1.35. The third-order valence-electron chi connectivity index (χ3n) is 3.59. The molecule has 2 N–H and O–H groups in total. The van der Waals surface area contributed by atoms with Crippen LogP contribution in [0.2, 0.25) is 0 Å². The number of aromatic nitrogens is 2. The van der Waals surface area contributed by atoms with Crippen LogP contribution in [0.1, 0.15) is 32.2 Å². The fourth-order valence-electron chi connectivity index (χ4n) is 2.34. The summed E-state index contributed by atoms with van der Waals surface area (Å²) in [5.74, 6) is 1.14. The zero-order valence-electron chi connectivity index (χ0n) is 11.8. The number of aryl methyl sites for hydroxylation is 2. The van der Waals surface area contributed by atoms with Crippen LogP contribution in [0.4, 0.5) is 0 Å². The van der Waals surface area contributed by atoms with E-state index in [2.05, 4.69) is 55.6 Å². The number of benzene rings is 1. The third-order valence-corrected chi connectivity index (χ3v) is 3.59. The Morgan fingerprint density at radius 3 is 2.67 bits per heavy atom. The van der Waals surface area contributed by atoms with Crippen LogP contribution >= 0.6 is 0 Å². The van der Waals surface area contributed by atoms with Gasteiger partial charge in [-0.05, 0) is 36.1 Å². The van der Waals surface area contributed by atoms with Gasteiger partial charge in [0.2, 0.25) is 0 Å². The molecule has 1 aromatic carbocycles. The number of imidazole rings is 1. The summed E-state index contributed by atoms with van der Waals surface area (Å²) in [6.45, 7) is 7.26. The lowest BCUT2D eigenvalue weighted by Crippen LogP contribution is -2.25. The predicted octanol–water partition coefficient (Wildman–Crippen LogP) is 2.66. The minimum absolute atomic E-state index is 0.153. The Balaban J connectivity index is 2.41. The van der Waals surface area contributed by atoms with Crippen LogP contribution in [-0.2, 0) is 19.9 Å². The van der Waals surface area contributed by atoms with Crippen molar-refractivity contribution >= 4 is 11.0 Å². The Labute approximate surface area is 109 Å². The van der Waals surface area contributed by atoms with Gasteiger partial charge >= 0.3 is 0 Å². The molecule has 0 bridgehead atoms. The first-order chi connectivity index (χ1) is 8.46. The molecule has 0 aliphatic carbocycles. The van der Waals surface area contributed by atoms with Gasteiger partial charge in [0, 0.05) is 13.5 Å². The Bertz CT molecular complexity index is 552. The average Bonchev–Trinajstić information content (AvgIpc) is 2.66. The lowest BCUT2D eigenvalue weighted by Gasteiger charge is -2.22. The summed E-state index contributed by atoms with van der Waals surface area (Å²) in [6.07, 6.45) is 1.97. The summed E-state index contributed by atoms with van der Waals surface area (Å²) in [7, 11) is 2.09. The molecular weight excluding hydrogens is 222 g/mol. The van der Waals surface area contributed by atoms with Gasteiger partial charge in [-0.2, -0.15) is 0 Å². The quantitative estimate of drug-likeness (QED) is 0.900. The van der Waals surface area contributed by atoms with Crippen LogP contribution < -0.4 is 5.73 Å². The van der Waals surface area contributed by atoms with Gasteiger partial charge in [-0.1, -0.05) is 26.8 Å². The third kappa shape index (κ3) is 2.41. The molecule has 0 atom stereocenters. The second kappa shape index (κ2) is 4.73. The highest BCUT2D eigenvalue weighted by molar-refractivity contribution is 5.76. The number of nitrogens with zero attached hydrogens (tertiary/aromatic N) is 2. The van der Waals surface area contributed by atoms with E-state index in [1.807, 2.05) is 0 Å². The summed E-state index contributed by atoms with van der Waals surface area (Å²) >= 11 is 0. The van der Waals surface area contributed by atoms with Gasteiger partial charge in [-0.15, -0.1) is 0 Å². The molecule has 3 nitrogen and oxygen atoms in total. The van der Waals surface area contributed by atoms with Crippen molar-refractivity contribution in [1.29, 1.82) is 0 Å². The fraction of sp³-hybridized carbons (Fsp3) is 0.533. The Kier molecular flexibility index (Phi) is 3.44. The lowest BCUT2D eigenvalue weighted by molar-refractivity contribution is 0.377. The largest absolute Gasteiger partial charge is 0.331 e. The van der Waals surface area contributed by atoms with Gasteiger partial charge in [0.05, 0.1) is 11.0 Å². The molecule has 0 fully saturated rings. The highest BCUT2D eigenvalue weighted by Crippen LogP contribution is 2.23. The van der Waals surface area contributed by atoms with Crippen LogP contribution in [-0.4, -0.2) is 16.1 Å². The topological polar surface area (TPSA) is 43.8 Å². The summed E-state index contributed by atoms with van der Waals surface area (Å²) in [5, 5.41) is 0. The van der Waals surface area contributed by atoms with Gasteiger partial charge in [0.1, 0.15) is 5.82 Å². The maximum Gasteiger partial charge on any atom is 0.109 e. The van der Waals surface area contributed by atoms with Gasteiger partial charge in [0.25, 0.3) is 0 Å². The van der Waals surface area contributed by atoms with Gasteiger partial charge in [-0.3, -0.25) is 0 Å². The van der Waals surface area contributed by atoms with E-state index in [0.29, 0.717) is 6.54 Å². The fourth-order valence-corrected chi connectivity index (χ4v) is 2.34. The summed E-state index contributed by atoms with van der Waals surface area (Å²) in [4.78, 5) is 4.63. The van der Waals surface area contributed by atoms with Crippen LogP contribution in [0.5, 0.6) is 0 Å². The molecule has 0 unspecified atom stereocenters. The van der Waals surface area contributed by atoms with E-state index in [4.69, 9.17) is 5.73 Å². The maximum atomic E-state index is 5.80. The first-order valence-electron chi connectivity index (χ1n) is 6.61. The molecule has 0 aliphatic rings. The molecule has 2 rings (SSSR count). The highest BCUT2D eigenvalue weighted by Gasteiger charge is 2.17. The second-order valence-corrected chi connectivity index (χ2v) is 5.81. The normalized spacial score (nSPS) is 12.3. The average molecular weight is 245 g/mol. The van der Waals surface area contributed by atoms with Crippen LogP contribution in [0.3, 0.4) is 0 Å². The van der Waals surface area contributed by atoms with Crippen molar-refractivity contribution in [2.45, 2.75) is 33.6 Å². The maximum absolute atomic E-state index is 5.80. The molecule has 0 spiro atoms. The van der Waals surface area contributed by atoms with E-state index in [0.717, 1.165) is 24.2 Å².